The first kappa shape index (κ1) is 14.2. The highest BCUT2D eigenvalue weighted by molar-refractivity contribution is 9.10. The molecular formula is C12H15BrClN3S. The Morgan fingerprint density at radius 3 is 3.00 bits per heavy atom. The van der Waals surface area contributed by atoms with Crippen molar-refractivity contribution < 1.29 is 0 Å². The van der Waals surface area contributed by atoms with Gasteiger partial charge >= 0.3 is 0 Å². The first-order valence-corrected chi connectivity index (χ1v) is 8.36. The van der Waals surface area contributed by atoms with Crippen LogP contribution in [-0.2, 0) is 13.0 Å². The molecule has 1 atom stereocenters. The molecule has 2 aromatic heterocycles. The molecule has 2 rings (SSSR count). The zero-order valence-electron chi connectivity index (χ0n) is 10.4. The van der Waals surface area contributed by atoms with Crippen molar-refractivity contribution >= 4 is 50.5 Å². The number of hydrogen-bond acceptors (Lipinski definition) is 3. The highest BCUT2D eigenvalue weighted by Crippen LogP contribution is 2.21. The van der Waals surface area contributed by atoms with Crippen LogP contribution in [0.5, 0.6) is 0 Å². The van der Waals surface area contributed by atoms with Crippen LogP contribution in [0.25, 0.3) is 11.2 Å². The second kappa shape index (κ2) is 6.26. The summed E-state index contributed by atoms with van der Waals surface area (Å²) < 4.78 is 3.14. The van der Waals surface area contributed by atoms with E-state index in [1.165, 1.54) is 0 Å². The lowest BCUT2D eigenvalue weighted by atomic mass is 10.4. The highest BCUT2D eigenvalue weighted by atomic mass is 79.9. The summed E-state index contributed by atoms with van der Waals surface area (Å²) >= 11 is 11.1. The first-order valence-electron chi connectivity index (χ1n) is 5.75. The first-order chi connectivity index (χ1) is 8.65. The minimum absolute atomic E-state index is 0.530. The van der Waals surface area contributed by atoms with Crippen LogP contribution < -0.4 is 0 Å². The molecule has 2 aromatic rings. The largest absolute Gasteiger partial charge is 0.312 e. The van der Waals surface area contributed by atoms with Crippen LogP contribution in [0.4, 0.5) is 0 Å². The molecule has 0 aliphatic heterocycles. The zero-order chi connectivity index (χ0) is 13.1. The van der Waals surface area contributed by atoms with Gasteiger partial charge in [0.25, 0.3) is 0 Å². The summed E-state index contributed by atoms with van der Waals surface area (Å²) in [6.07, 6.45) is 4.71. The summed E-state index contributed by atoms with van der Waals surface area (Å²) in [5, 5.41) is 0.530. The number of hydrogen-bond donors (Lipinski definition) is 0. The molecular weight excluding hydrogens is 334 g/mol. The van der Waals surface area contributed by atoms with Crippen molar-refractivity contribution in [2.75, 3.05) is 12.1 Å². The summed E-state index contributed by atoms with van der Waals surface area (Å²) in [4.78, 5) is 9.10. The number of fused-ring (bicyclic) bond motifs is 1. The maximum Gasteiger partial charge on any atom is 0.160 e. The Balaban J connectivity index is 2.48. The van der Waals surface area contributed by atoms with E-state index in [4.69, 9.17) is 11.6 Å². The van der Waals surface area contributed by atoms with Gasteiger partial charge in [0.05, 0.1) is 0 Å². The van der Waals surface area contributed by atoms with E-state index >= 15 is 0 Å². The van der Waals surface area contributed by atoms with Crippen LogP contribution >= 0.6 is 39.3 Å². The van der Waals surface area contributed by atoms with Gasteiger partial charge in [-0.25, -0.2) is 9.97 Å². The Morgan fingerprint density at radius 2 is 2.33 bits per heavy atom. The third kappa shape index (κ3) is 3.00. The van der Waals surface area contributed by atoms with E-state index in [0.29, 0.717) is 11.1 Å². The van der Waals surface area contributed by atoms with E-state index in [9.17, 15) is 0 Å². The lowest BCUT2D eigenvalue weighted by Gasteiger charge is -2.12. The second-order valence-corrected chi connectivity index (χ2v) is 6.69. The Kier molecular flexibility index (Phi) is 4.92. The van der Waals surface area contributed by atoms with Crippen molar-refractivity contribution in [2.45, 2.75) is 25.1 Å². The minimum Gasteiger partial charge on any atom is -0.312 e. The van der Waals surface area contributed by atoms with Gasteiger partial charge in [-0.3, -0.25) is 0 Å². The number of pyridine rings is 1. The van der Waals surface area contributed by atoms with E-state index in [1.807, 2.05) is 24.0 Å². The van der Waals surface area contributed by atoms with E-state index in [2.05, 4.69) is 43.6 Å². The van der Waals surface area contributed by atoms with Crippen molar-refractivity contribution in [1.29, 1.82) is 0 Å². The average molecular weight is 349 g/mol. The van der Waals surface area contributed by atoms with Gasteiger partial charge in [-0.05, 0) is 28.3 Å². The van der Waals surface area contributed by atoms with Crippen LogP contribution in [0, 0.1) is 0 Å². The Bertz CT molecular complexity index is 543. The highest BCUT2D eigenvalue weighted by Gasteiger charge is 2.13. The fourth-order valence-corrected chi connectivity index (χ4v) is 2.62. The molecule has 0 N–H and O–H groups in total. The summed E-state index contributed by atoms with van der Waals surface area (Å²) in [7, 11) is 0. The average Bonchev–Trinajstić information content (AvgIpc) is 2.67. The standard InChI is InChI=1S/C12H15BrClN3S/c1-8(18-2)7-17-11(3-4-14)16-10-5-9(13)6-15-12(10)17/h5-6,8H,3-4,7H2,1-2H3. The lowest BCUT2D eigenvalue weighted by Crippen LogP contribution is -2.13. The molecule has 0 aromatic carbocycles. The van der Waals surface area contributed by atoms with Crippen LogP contribution in [0.3, 0.4) is 0 Å². The van der Waals surface area contributed by atoms with E-state index in [0.717, 1.165) is 34.4 Å². The maximum absolute atomic E-state index is 5.85. The van der Waals surface area contributed by atoms with Crippen molar-refractivity contribution in [2.24, 2.45) is 0 Å². The van der Waals surface area contributed by atoms with Crippen molar-refractivity contribution in [1.82, 2.24) is 14.5 Å². The summed E-state index contributed by atoms with van der Waals surface area (Å²) in [6, 6.07) is 2.00. The summed E-state index contributed by atoms with van der Waals surface area (Å²) in [5.74, 6) is 1.60. The topological polar surface area (TPSA) is 30.7 Å². The predicted molar refractivity (Wildman–Crippen MR) is 82.6 cm³/mol. The third-order valence-corrected chi connectivity index (χ3v) is 4.37. The van der Waals surface area contributed by atoms with E-state index < -0.39 is 0 Å². The molecule has 3 nitrogen and oxygen atoms in total. The molecule has 6 heteroatoms. The van der Waals surface area contributed by atoms with Crippen LogP contribution in [0.15, 0.2) is 16.7 Å². The SMILES string of the molecule is CSC(C)Cn1c(CCCl)nc2cc(Br)cnc21. The van der Waals surface area contributed by atoms with Crippen molar-refractivity contribution in [3.05, 3.63) is 22.6 Å². The van der Waals surface area contributed by atoms with Crippen LogP contribution in [0.1, 0.15) is 12.7 Å². The molecule has 0 spiro atoms. The van der Waals surface area contributed by atoms with Crippen LogP contribution in [-0.4, -0.2) is 31.9 Å². The molecule has 1 unspecified atom stereocenters. The molecule has 0 aliphatic rings. The zero-order valence-corrected chi connectivity index (χ0v) is 13.5. The molecule has 0 amide bonds. The van der Waals surface area contributed by atoms with Gasteiger partial charge in [0.2, 0.25) is 0 Å². The normalized spacial score (nSPS) is 13.1. The van der Waals surface area contributed by atoms with E-state index in [1.54, 1.807) is 0 Å². The number of thioether (sulfide) groups is 1. The molecule has 2 heterocycles. The smallest absolute Gasteiger partial charge is 0.160 e. The second-order valence-electron chi connectivity index (χ2n) is 4.12. The molecule has 0 bridgehead atoms. The molecule has 0 saturated heterocycles. The van der Waals surface area contributed by atoms with Crippen molar-refractivity contribution in [3.63, 3.8) is 0 Å². The molecule has 0 fully saturated rings. The molecule has 0 aliphatic carbocycles. The Labute approximate surface area is 124 Å². The summed E-state index contributed by atoms with van der Waals surface area (Å²) in [5.41, 5.74) is 1.87. The minimum atomic E-state index is 0.530. The molecule has 18 heavy (non-hydrogen) atoms. The van der Waals surface area contributed by atoms with Gasteiger partial charge in [0, 0.05) is 34.8 Å². The Morgan fingerprint density at radius 1 is 1.56 bits per heavy atom. The van der Waals surface area contributed by atoms with Gasteiger partial charge < -0.3 is 4.57 Å². The maximum atomic E-state index is 5.85. The van der Waals surface area contributed by atoms with E-state index in [-0.39, 0.29) is 0 Å². The number of rotatable bonds is 5. The van der Waals surface area contributed by atoms with Crippen LogP contribution in [0.2, 0.25) is 0 Å². The third-order valence-electron chi connectivity index (χ3n) is 2.79. The predicted octanol–water partition coefficient (Wildman–Crippen LogP) is 3.73. The summed E-state index contributed by atoms with van der Waals surface area (Å²) in [6.45, 7) is 3.12. The quantitative estimate of drug-likeness (QED) is 0.771. The Hall–Kier alpha value is -0.260. The van der Waals surface area contributed by atoms with Gasteiger partial charge in [0.1, 0.15) is 11.3 Å². The fourth-order valence-electron chi connectivity index (χ4n) is 1.83. The number of aromatic nitrogens is 3. The number of imidazole rings is 1. The van der Waals surface area contributed by atoms with Gasteiger partial charge in [0.15, 0.2) is 5.65 Å². The van der Waals surface area contributed by atoms with Crippen molar-refractivity contribution in [3.8, 4) is 0 Å². The molecule has 0 saturated carbocycles. The number of halogens is 2. The van der Waals surface area contributed by atoms with Gasteiger partial charge in [-0.15, -0.1) is 11.6 Å². The molecule has 0 radical (unpaired) electrons. The number of nitrogens with zero attached hydrogens (tertiary/aromatic N) is 3. The molecule has 98 valence electrons. The van der Waals surface area contributed by atoms with Gasteiger partial charge in [-0.1, -0.05) is 6.92 Å². The van der Waals surface area contributed by atoms with Gasteiger partial charge in [-0.2, -0.15) is 11.8 Å². The monoisotopic (exact) mass is 347 g/mol. The number of aryl methyl sites for hydroxylation is 1. The lowest BCUT2D eigenvalue weighted by molar-refractivity contribution is 0.667. The number of alkyl halides is 1. The fraction of sp³-hybridized carbons (Fsp3) is 0.500.